The van der Waals surface area contributed by atoms with Crippen LogP contribution >= 0.6 is 15.9 Å². The highest BCUT2D eigenvalue weighted by Crippen LogP contribution is 2.14. The van der Waals surface area contributed by atoms with Crippen molar-refractivity contribution < 1.29 is 9.21 Å². The van der Waals surface area contributed by atoms with Crippen LogP contribution in [0.5, 0.6) is 0 Å². The van der Waals surface area contributed by atoms with E-state index >= 15 is 0 Å². The lowest BCUT2D eigenvalue weighted by atomic mass is 10.1. The molecule has 0 aliphatic rings. The largest absolute Gasteiger partial charge is 0.408 e. The summed E-state index contributed by atoms with van der Waals surface area (Å²) in [5, 5.41) is 10.7. The maximum Gasteiger partial charge on any atom is 0.322 e. The van der Waals surface area contributed by atoms with Crippen molar-refractivity contribution in [3.8, 4) is 0 Å². The van der Waals surface area contributed by atoms with Crippen LogP contribution in [0.3, 0.4) is 0 Å². The number of hydrogen-bond acceptors (Lipinski definition) is 4. The minimum Gasteiger partial charge on any atom is -0.408 e. The van der Waals surface area contributed by atoms with Gasteiger partial charge < -0.3 is 4.42 Å². The Labute approximate surface area is 113 Å². The summed E-state index contributed by atoms with van der Waals surface area (Å²) in [6.07, 6.45) is 0.640. The van der Waals surface area contributed by atoms with Crippen molar-refractivity contribution in [2.45, 2.75) is 18.7 Å². The molecule has 0 aliphatic carbocycles. The summed E-state index contributed by atoms with van der Waals surface area (Å²) < 4.78 is 5.23. The maximum absolute atomic E-state index is 12.0. The van der Waals surface area contributed by atoms with Crippen LogP contribution in [0.4, 0.5) is 6.01 Å². The summed E-state index contributed by atoms with van der Waals surface area (Å²) >= 11 is 3.35. The van der Waals surface area contributed by atoms with Crippen molar-refractivity contribution >= 4 is 27.9 Å². The molecule has 6 heteroatoms. The molecule has 0 spiro atoms. The number of hydrogen-bond donors (Lipinski definition) is 1. The smallest absolute Gasteiger partial charge is 0.322 e. The number of carbonyl (C=O) groups is 1. The molecule has 2 rings (SSSR count). The Kier molecular flexibility index (Phi) is 4.09. The molecule has 0 fully saturated rings. The van der Waals surface area contributed by atoms with E-state index in [2.05, 4.69) is 31.4 Å². The fraction of sp³-hybridized carbons (Fsp3) is 0.250. The topological polar surface area (TPSA) is 68.0 Å². The van der Waals surface area contributed by atoms with Crippen molar-refractivity contribution in [1.82, 2.24) is 10.2 Å². The lowest BCUT2D eigenvalue weighted by molar-refractivity contribution is 0.102. The lowest BCUT2D eigenvalue weighted by Crippen LogP contribution is -2.14. The number of alkyl halides is 1. The van der Waals surface area contributed by atoms with E-state index in [-0.39, 0.29) is 11.9 Å². The molecular weight excluding hydrogens is 298 g/mol. The van der Waals surface area contributed by atoms with Gasteiger partial charge in [0.15, 0.2) is 0 Å². The highest BCUT2D eigenvalue weighted by molar-refractivity contribution is 9.08. The Balaban J connectivity index is 2.16. The molecule has 0 saturated heterocycles. The van der Waals surface area contributed by atoms with Crippen LogP contribution in [0.2, 0.25) is 0 Å². The number of rotatable bonds is 4. The zero-order valence-corrected chi connectivity index (χ0v) is 11.4. The number of amides is 1. The molecule has 0 bridgehead atoms. The summed E-state index contributed by atoms with van der Waals surface area (Å²) in [6, 6.07) is 7.46. The van der Waals surface area contributed by atoms with Crippen molar-refractivity contribution in [1.29, 1.82) is 0 Å². The number of halogens is 1. The molecule has 0 unspecified atom stereocenters. The first-order valence-corrected chi connectivity index (χ1v) is 6.64. The second-order valence-electron chi connectivity index (χ2n) is 3.60. The van der Waals surface area contributed by atoms with Gasteiger partial charge in [0, 0.05) is 17.3 Å². The normalized spacial score (nSPS) is 10.3. The molecule has 1 heterocycles. The van der Waals surface area contributed by atoms with Crippen LogP contribution in [0, 0.1) is 0 Å². The van der Waals surface area contributed by atoms with Gasteiger partial charge in [-0.15, -0.1) is 5.10 Å². The molecule has 2 aromatic rings. The molecule has 0 aliphatic heterocycles. The second-order valence-corrected chi connectivity index (χ2v) is 4.16. The standard InChI is InChI=1S/C12H12BrN3O2/c1-2-10-15-16-12(18-10)14-11(17)9-6-4-3-5-8(9)7-13/h3-6H,2,7H2,1H3,(H,14,16,17). The summed E-state index contributed by atoms with van der Waals surface area (Å²) in [7, 11) is 0. The highest BCUT2D eigenvalue weighted by Gasteiger charge is 2.13. The molecule has 0 radical (unpaired) electrons. The maximum atomic E-state index is 12.0. The Morgan fingerprint density at radius 1 is 1.39 bits per heavy atom. The van der Waals surface area contributed by atoms with Gasteiger partial charge in [0.05, 0.1) is 0 Å². The van der Waals surface area contributed by atoms with E-state index in [0.717, 1.165) is 5.56 Å². The first-order chi connectivity index (χ1) is 8.74. The van der Waals surface area contributed by atoms with Gasteiger partial charge in [-0.25, -0.2) is 0 Å². The van der Waals surface area contributed by atoms with Crippen LogP contribution in [0.25, 0.3) is 0 Å². The van der Waals surface area contributed by atoms with Gasteiger partial charge in [-0.3, -0.25) is 10.1 Å². The molecular formula is C12H12BrN3O2. The van der Waals surface area contributed by atoms with Crippen LogP contribution in [-0.2, 0) is 11.8 Å². The first-order valence-electron chi connectivity index (χ1n) is 5.52. The van der Waals surface area contributed by atoms with E-state index < -0.39 is 0 Å². The van der Waals surface area contributed by atoms with Gasteiger partial charge in [-0.1, -0.05) is 46.2 Å². The quantitative estimate of drug-likeness (QED) is 0.882. The van der Waals surface area contributed by atoms with E-state index in [4.69, 9.17) is 4.42 Å². The minimum atomic E-state index is -0.253. The predicted octanol–water partition coefficient (Wildman–Crippen LogP) is 2.78. The molecule has 0 saturated carbocycles. The van der Waals surface area contributed by atoms with E-state index in [1.54, 1.807) is 6.07 Å². The van der Waals surface area contributed by atoms with Crippen LogP contribution in [0.15, 0.2) is 28.7 Å². The molecule has 1 N–H and O–H groups in total. The number of anilines is 1. The third-order valence-electron chi connectivity index (χ3n) is 2.40. The molecule has 1 amide bonds. The minimum absolute atomic E-state index is 0.126. The number of nitrogens with one attached hydrogen (secondary N) is 1. The first kappa shape index (κ1) is 12.8. The van der Waals surface area contributed by atoms with Gasteiger partial charge in [0.25, 0.3) is 5.91 Å². The zero-order chi connectivity index (χ0) is 13.0. The number of benzene rings is 1. The molecule has 5 nitrogen and oxygen atoms in total. The van der Waals surface area contributed by atoms with Crippen molar-refractivity contribution in [3.63, 3.8) is 0 Å². The number of aromatic nitrogens is 2. The zero-order valence-electron chi connectivity index (χ0n) is 9.81. The van der Waals surface area contributed by atoms with Gasteiger partial charge in [0.2, 0.25) is 5.89 Å². The highest BCUT2D eigenvalue weighted by atomic mass is 79.9. The SMILES string of the molecule is CCc1nnc(NC(=O)c2ccccc2CBr)o1. The van der Waals surface area contributed by atoms with Gasteiger partial charge in [0.1, 0.15) is 0 Å². The molecule has 18 heavy (non-hydrogen) atoms. The fourth-order valence-electron chi connectivity index (χ4n) is 1.47. The number of carbonyl (C=O) groups excluding carboxylic acids is 1. The monoisotopic (exact) mass is 309 g/mol. The van der Waals surface area contributed by atoms with Crippen molar-refractivity contribution in [2.24, 2.45) is 0 Å². The summed E-state index contributed by atoms with van der Waals surface area (Å²) in [4.78, 5) is 12.0. The Morgan fingerprint density at radius 3 is 2.83 bits per heavy atom. The number of aryl methyl sites for hydroxylation is 1. The Bertz CT molecular complexity index is 554. The molecule has 0 atom stereocenters. The van der Waals surface area contributed by atoms with Crippen molar-refractivity contribution in [3.05, 3.63) is 41.3 Å². The van der Waals surface area contributed by atoms with E-state index in [0.29, 0.717) is 23.2 Å². The molecule has 94 valence electrons. The number of nitrogens with zero attached hydrogens (tertiary/aromatic N) is 2. The Morgan fingerprint density at radius 2 is 2.17 bits per heavy atom. The third kappa shape index (κ3) is 2.76. The van der Waals surface area contributed by atoms with E-state index in [9.17, 15) is 4.79 Å². The van der Waals surface area contributed by atoms with Crippen molar-refractivity contribution in [2.75, 3.05) is 5.32 Å². The average Bonchev–Trinajstić information content (AvgIpc) is 2.86. The second kappa shape index (κ2) is 5.77. The lowest BCUT2D eigenvalue weighted by Gasteiger charge is -2.05. The average molecular weight is 310 g/mol. The van der Waals surface area contributed by atoms with Gasteiger partial charge in [-0.05, 0) is 11.6 Å². The van der Waals surface area contributed by atoms with Crippen LogP contribution in [-0.4, -0.2) is 16.1 Å². The Hall–Kier alpha value is -1.69. The molecule has 1 aromatic carbocycles. The van der Waals surface area contributed by atoms with Crippen LogP contribution in [0.1, 0.15) is 28.7 Å². The summed E-state index contributed by atoms with van der Waals surface area (Å²) in [5.74, 6) is 0.246. The van der Waals surface area contributed by atoms with E-state index in [1.165, 1.54) is 0 Å². The molecule has 1 aromatic heterocycles. The van der Waals surface area contributed by atoms with Crippen LogP contribution < -0.4 is 5.32 Å². The summed E-state index contributed by atoms with van der Waals surface area (Å²) in [6.45, 7) is 1.90. The fourth-order valence-corrected chi connectivity index (χ4v) is 1.96. The summed E-state index contributed by atoms with van der Waals surface area (Å²) in [5.41, 5.74) is 1.50. The van der Waals surface area contributed by atoms with Gasteiger partial charge >= 0.3 is 6.01 Å². The predicted molar refractivity (Wildman–Crippen MR) is 70.7 cm³/mol. The third-order valence-corrected chi connectivity index (χ3v) is 3.00. The van der Waals surface area contributed by atoms with Gasteiger partial charge in [-0.2, -0.15) is 0 Å². The van der Waals surface area contributed by atoms with E-state index in [1.807, 2.05) is 25.1 Å².